The second-order valence-electron chi connectivity index (χ2n) is 9.33. The average Bonchev–Trinajstić information content (AvgIpc) is 3.53. The number of aromatic hydroxyl groups is 1. The summed E-state index contributed by atoms with van der Waals surface area (Å²) < 4.78 is 1.74. The fourth-order valence-electron chi connectivity index (χ4n) is 5.29. The van der Waals surface area contributed by atoms with E-state index >= 15 is 0 Å². The molecule has 7 nitrogen and oxygen atoms in total. The predicted molar refractivity (Wildman–Crippen MR) is 111 cm³/mol. The van der Waals surface area contributed by atoms with E-state index in [4.69, 9.17) is 0 Å². The number of amides is 1. The summed E-state index contributed by atoms with van der Waals surface area (Å²) in [7, 11) is 1.79. The number of ketones is 1. The highest BCUT2D eigenvalue weighted by Gasteiger charge is 2.37. The number of aryl methyl sites for hydroxylation is 1. The van der Waals surface area contributed by atoms with Crippen molar-refractivity contribution in [2.24, 2.45) is 18.9 Å². The number of fused-ring (bicyclic) bond motifs is 1. The maximum absolute atomic E-state index is 13.2. The number of hydrogen-bond acceptors (Lipinski definition) is 5. The van der Waals surface area contributed by atoms with Gasteiger partial charge < -0.3 is 19.7 Å². The number of imidazole rings is 1. The number of rotatable bonds is 3. The molecule has 3 fully saturated rings. The van der Waals surface area contributed by atoms with Gasteiger partial charge in [-0.25, -0.2) is 4.98 Å². The number of nitrogens with zero attached hydrogens (tertiary/aromatic N) is 3. The van der Waals surface area contributed by atoms with Crippen LogP contribution in [-0.4, -0.2) is 55.5 Å². The third-order valence-electron chi connectivity index (χ3n) is 7.30. The molecule has 0 bridgehead atoms. The van der Waals surface area contributed by atoms with Crippen LogP contribution < -0.4 is 0 Å². The number of aromatic nitrogens is 2. The summed E-state index contributed by atoms with van der Waals surface area (Å²) in [5.41, 5.74) is 2.28. The second kappa shape index (κ2) is 7.38. The van der Waals surface area contributed by atoms with Crippen molar-refractivity contribution in [3.05, 3.63) is 23.5 Å². The summed E-state index contributed by atoms with van der Waals surface area (Å²) in [5, 5.41) is 20.1. The molecule has 7 heteroatoms. The summed E-state index contributed by atoms with van der Waals surface area (Å²) in [4.78, 5) is 32.0. The summed E-state index contributed by atoms with van der Waals surface area (Å²) in [6.45, 7) is 0.655. The van der Waals surface area contributed by atoms with Crippen LogP contribution in [0.2, 0.25) is 0 Å². The van der Waals surface area contributed by atoms with Crippen molar-refractivity contribution in [3.63, 3.8) is 0 Å². The van der Waals surface area contributed by atoms with E-state index in [2.05, 4.69) is 4.98 Å². The number of benzene rings is 1. The van der Waals surface area contributed by atoms with Crippen LogP contribution in [0.1, 0.15) is 67.0 Å². The molecule has 1 aromatic carbocycles. The first-order valence-corrected chi connectivity index (χ1v) is 11.1. The van der Waals surface area contributed by atoms with Crippen molar-refractivity contribution >= 4 is 22.7 Å². The number of piperidine rings is 1. The molecule has 2 aromatic rings. The largest absolute Gasteiger partial charge is 0.506 e. The zero-order valence-electron chi connectivity index (χ0n) is 17.4. The molecule has 2 heterocycles. The monoisotopic (exact) mass is 411 g/mol. The Balaban J connectivity index is 1.34. The Kier molecular flexibility index (Phi) is 4.81. The Morgan fingerprint density at radius 1 is 1.10 bits per heavy atom. The maximum atomic E-state index is 13.2. The Morgan fingerprint density at radius 3 is 2.50 bits per heavy atom. The normalized spacial score (nSPS) is 27.6. The molecule has 0 unspecified atom stereocenters. The van der Waals surface area contributed by atoms with Gasteiger partial charge in [-0.2, -0.15) is 0 Å². The van der Waals surface area contributed by atoms with Crippen LogP contribution in [0.5, 0.6) is 5.75 Å². The van der Waals surface area contributed by atoms with Crippen molar-refractivity contribution in [1.82, 2.24) is 14.5 Å². The first kappa shape index (κ1) is 19.5. The Labute approximate surface area is 175 Å². The molecule has 1 atom stereocenters. The molecule has 1 saturated heterocycles. The first-order valence-electron chi connectivity index (χ1n) is 11.1. The molecule has 2 saturated carbocycles. The van der Waals surface area contributed by atoms with E-state index in [9.17, 15) is 19.8 Å². The van der Waals surface area contributed by atoms with Crippen LogP contribution in [0, 0.1) is 11.8 Å². The van der Waals surface area contributed by atoms with Gasteiger partial charge in [0, 0.05) is 19.5 Å². The zero-order valence-corrected chi connectivity index (χ0v) is 17.4. The molecule has 0 spiro atoms. The summed E-state index contributed by atoms with van der Waals surface area (Å²) in [6.07, 6.45) is 6.01. The predicted octanol–water partition coefficient (Wildman–Crippen LogP) is 2.74. The highest BCUT2D eigenvalue weighted by Crippen LogP contribution is 2.43. The Bertz CT molecular complexity index is 1000. The molecule has 3 aliphatic rings. The molecule has 1 aliphatic heterocycles. The molecule has 2 aliphatic carbocycles. The quantitative estimate of drug-likeness (QED) is 0.810. The smallest absolute Gasteiger partial charge is 0.290 e. The van der Waals surface area contributed by atoms with Crippen LogP contribution >= 0.6 is 0 Å². The van der Waals surface area contributed by atoms with Gasteiger partial charge in [-0.15, -0.1) is 0 Å². The summed E-state index contributed by atoms with van der Waals surface area (Å²) in [5.74, 6) is 1.05. The molecule has 160 valence electrons. The molecule has 5 rings (SSSR count). The van der Waals surface area contributed by atoms with E-state index < -0.39 is 0 Å². The SMILES string of the molecule is Cn1c(C(=O)N2CC[C@H](C3CCC(O)CC3)C(=O)C2)nc2c(O)cc(C3CC3)cc21. The standard InChI is InChI=1S/C23H29N3O4/c1-25-18-10-15(13-2-3-13)11-19(28)21(18)24-22(25)23(30)26-9-8-17(20(29)12-26)14-4-6-16(27)7-5-14/h10-11,13-14,16-17,27-28H,2-9,12H2,1H3/t14?,16?,17-/m1/s1. The van der Waals surface area contributed by atoms with Crippen LogP contribution in [0.25, 0.3) is 11.0 Å². The molecule has 1 amide bonds. The Hall–Kier alpha value is -2.41. The second-order valence-corrected chi connectivity index (χ2v) is 9.33. The third-order valence-corrected chi connectivity index (χ3v) is 7.30. The lowest BCUT2D eigenvalue weighted by Crippen LogP contribution is -2.47. The van der Waals surface area contributed by atoms with Gasteiger partial charge in [0.1, 0.15) is 11.3 Å². The maximum Gasteiger partial charge on any atom is 0.290 e. The highest BCUT2D eigenvalue weighted by molar-refractivity contribution is 5.99. The number of Topliss-reactive ketones (excluding diaryl/α,β-unsaturated/α-hetero) is 1. The number of phenolic OH excluding ortho intramolecular Hbond substituents is 1. The number of carbonyl (C=O) groups is 2. The molecular formula is C23H29N3O4. The van der Waals surface area contributed by atoms with E-state index in [1.807, 2.05) is 6.07 Å². The molecule has 0 radical (unpaired) electrons. The summed E-state index contributed by atoms with van der Waals surface area (Å²) in [6, 6.07) is 3.78. The van der Waals surface area contributed by atoms with Crippen molar-refractivity contribution in [1.29, 1.82) is 0 Å². The minimum Gasteiger partial charge on any atom is -0.506 e. The number of aliphatic hydroxyl groups is 1. The van der Waals surface area contributed by atoms with Gasteiger partial charge >= 0.3 is 0 Å². The lowest BCUT2D eigenvalue weighted by Gasteiger charge is -2.37. The third kappa shape index (κ3) is 3.39. The molecule has 1 aromatic heterocycles. The summed E-state index contributed by atoms with van der Waals surface area (Å²) >= 11 is 0. The van der Waals surface area contributed by atoms with Gasteiger partial charge in [-0.05, 0) is 74.5 Å². The van der Waals surface area contributed by atoms with E-state index in [1.165, 1.54) is 0 Å². The zero-order chi connectivity index (χ0) is 21.0. The van der Waals surface area contributed by atoms with Gasteiger partial charge in [0.25, 0.3) is 5.91 Å². The molecule has 2 N–H and O–H groups in total. The number of phenols is 1. The lowest BCUT2D eigenvalue weighted by molar-refractivity contribution is -0.128. The highest BCUT2D eigenvalue weighted by atomic mass is 16.3. The van der Waals surface area contributed by atoms with Gasteiger partial charge in [-0.1, -0.05) is 0 Å². The number of likely N-dealkylation sites (tertiary alicyclic amines) is 1. The lowest BCUT2D eigenvalue weighted by atomic mass is 9.74. The minimum atomic E-state index is -0.257. The van der Waals surface area contributed by atoms with E-state index in [-0.39, 0.29) is 41.8 Å². The van der Waals surface area contributed by atoms with Crippen molar-refractivity contribution in [3.8, 4) is 5.75 Å². The minimum absolute atomic E-state index is 0.00728. The van der Waals surface area contributed by atoms with Gasteiger partial charge in [0.2, 0.25) is 0 Å². The number of aliphatic hydroxyl groups excluding tert-OH is 1. The fourth-order valence-corrected chi connectivity index (χ4v) is 5.29. The van der Waals surface area contributed by atoms with Crippen LogP contribution in [0.15, 0.2) is 12.1 Å². The van der Waals surface area contributed by atoms with E-state index in [0.717, 1.165) is 49.6 Å². The van der Waals surface area contributed by atoms with E-state index in [0.29, 0.717) is 30.3 Å². The van der Waals surface area contributed by atoms with Gasteiger partial charge in [0.05, 0.1) is 18.2 Å². The van der Waals surface area contributed by atoms with Crippen molar-refractivity contribution in [2.75, 3.05) is 13.1 Å². The first-order chi connectivity index (χ1) is 14.4. The fraction of sp³-hybridized carbons (Fsp3) is 0.609. The van der Waals surface area contributed by atoms with Crippen LogP contribution in [0.3, 0.4) is 0 Å². The van der Waals surface area contributed by atoms with Crippen LogP contribution in [-0.2, 0) is 11.8 Å². The Morgan fingerprint density at radius 2 is 1.83 bits per heavy atom. The topological polar surface area (TPSA) is 95.7 Å². The van der Waals surface area contributed by atoms with Crippen molar-refractivity contribution < 1.29 is 19.8 Å². The van der Waals surface area contributed by atoms with E-state index in [1.54, 1.807) is 22.6 Å². The van der Waals surface area contributed by atoms with Gasteiger partial charge in [-0.3, -0.25) is 9.59 Å². The molecular weight excluding hydrogens is 382 g/mol. The van der Waals surface area contributed by atoms with Crippen LogP contribution in [0.4, 0.5) is 0 Å². The average molecular weight is 412 g/mol. The van der Waals surface area contributed by atoms with Gasteiger partial charge in [0.15, 0.2) is 11.6 Å². The molecule has 30 heavy (non-hydrogen) atoms. The van der Waals surface area contributed by atoms with Crippen molar-refractivity contribution in [2.45, 2.75) is 57.0 Å². The number of hydrogen-bond donors (Lipinski definition) is 2. The number of carbonyl (C=O) groups excluding carboxylic acids is 2.